The molecule has 8 nitrogen and oxygen atoms in total. The smallest absolute Gasteiger partial charge is 0.242 e. The lowest BCUT2D eigenvalue weighted by Gasteiger charge is -2.22. The molecular weight excluding hydrogens is 430 g/mol. The number of sulfonamides is 1. The zero-order valence-corrected chi connectivity index (χ0v) is 18.6. The van der Waals surface area contributed by atoms with Gasteiger partial charge in [-0.2, -0.15) is 4.72 Å². The summed E-state index contributed by atoms with van der Waals surface area (Å²) in [5, 5.41) is 5.56. The highest BCUT2D eigenvalue weighted by atomic mass is 35.5. The predicted octanol–water partition coefficient (Wildman–Crippen LogP) is 3.25. The van der Waals surface area contributed by atoms with Crippen molar-refractivity contribution in [2.75, 3.05) is 17.7 Å². The number of hydrogen-bond acceptors (Lipinski definition) is 5. The van der Waals surface area contributed by atoms with Crippen LogP contribution in [0.4, 0.5) is 11.4 Å². The number of nitrogens with one attached hydrogen (secondary N) is 3. The molecule has 30 heavy (non-hydrogen) atoms. The van der Waals surface area contributed by atoms with Gasteiger partial charge in [0.25, 0.3) is 0 Å². The molecule has 0 aliphatic carbocycles. The normalized spacial score (nSPS) is 12.3. The van der Waals surface area contributed by atoms with Gasteiger partial charge in [-0.25, -0.2) is 8.42 Å². The first-order valence-corrected chi connectivity index (χ1v) is 10.9. The number of anilines is 2. The van der Waals surface area contributed by atoms with Crippen LogP contribution < -0.4 is 20.1 Å². The number of hydrogen-bond donors (Lipinski definition) is 3. The lowest BCUT2D eigenvalue weighted by molar-refractivity contribution is -0.118. The van der Waals surface area contributed by atoms with E-state index in [0.29, 0.717) is 17.1 Å². The van der Waals surface area contributed by atoms with Crippen LogP contribution in [0.2, 0.25) is 5.02 Å². The molecule has 2 amide bonds. The topological polar surface area (TPSA) is 114 Å². The Bertz CT molecular complexity index is 1040. The van der Waals surface area contributed by atoms with E-state index in [9.17, 15) is 18.0 Å². The molecule has 0 aromatic heterocycles. The Balaban J connectivity index is 2.25. The number of ether oxygens (including phenoxy) is 1. The third-order valence-corrected chi connectivity index (χ3v) is 5.79. The van der Waals surface area contributed by atoms with E-state index < -0.39 is 22.0 Å². The third kappa shape index (κ3) is 6.19. The van der Waals surface area contributed by atoms with E-state index in [0.717, 1.165) is 0 Å². The minimum atomic E-state index is -3.97. The van der Waals surface area contributed by atoms with Crippen LogP contribution in [-0.2, 0) is 19.6 Å². The van der Waals surface area contributed by atoms with Crippen molar-refractivity contribution in [3.63, 3.8) is 0 Å². The van der Waals surface area contributed by atoms with Crippen molar-refractivity contribution in [2.45, 2.75) is 31.7 Å². The minimum absolute atomic E-state index is 0.0363. The average Bonchev–Trinajstić information content (AvgIpc) is 2.65. The Kier molecular flexibility index (Phi) is 7.83. The number of carbonyl (C=O) groups excluding carboxylic acids is 2. The molecule has 0 saturated carbocycles. The predicted molar refractivity (Wildman–Crippen MR) is 116 cm³/mol. The fourth-order valence-electron chi connectivity index (χ4n) is 2.65. The standard InChI is InChI=1S/C20H24ClN3O5S/c1-12(2)19(24-30(27,28)16-7-5-6-14(21)10-16)20(26)23-15-8-9-18(29-4)17(11-15)22-13(3)25/h5-12,19,24H,1-4H3,(H,22,25)(H,23,26)/t19-/m0/s1. The Labute approximate surface area is 181 Å². The van der Waals surface area contributed by atoms with E-state index in [4.69, 9.17) is 16.3 Å². The minimum Gasteiger partial charge on any atom is -0.495 e. The molecule has 0 unspecified atom stereocenters. The summed E-state index contributed by atoms with van der Waals surface area (Å²) in [4.78, 5) is 24.2. The Morgan fingerprint density at radius 1 is 1.07 bits per heavy atom. The van der Waals surface area contributed by atoms with Crippen molar-refractivity contribution in [1.29, 1.82) is 0 Å². The molecule has 2 aromatic carbocycles. The van der Waals surface area contributed by atoms with Crippen molar-refractivity contribution in [3.8, 4) is 5.75 Å². The molecule has 0 heterocycles. The summed E-state index contributed by atoms with van der Waals surface area (Å²) in [5.41, 5.74) is 0.751. The molecular formula is C20H24ClN3O5S. The van der Waals surface area contributed by atoms with Crippen LogP contribution in [0.25, 0.3) is 0 Å². The fraction of sp³-hybridized carbons (Fsp3) is 0.300. The lowest BCUT2D eigenvalue weighted by atomic mass is 10.0. The lowest BCUT2D eigenvalue weighted by Crippen LogP contribution is -2.47. The monoisotopic (exact) mass is 453 g/mol. The fourth-order valence-corrected chi connectivity index (χ4v) is 4.30. The van der Waals surface area contributed by atoms with E-state index in [2.05, 4.69) is 15.4 Å². The highest BCUT2D eigenvalue weighted by molar-refractivity contribution is 7.89. The first-order valence-electron chi connectivity index (χ1n) is 9.08. The van der Waals surface area contributed by atoms with Crippen LogP contribution in [0.5, 0.6) is 5.75 Å². The molecule has 0 fully saturated rings. The molecule has 0 radical (unpaired) electrons. The molecule has 0 bridgehead atoms. The van der Waals surface area contributed by atoms with Crippen LogP contribution in [0.1, 0.15) is 20.8 Å². The van der Waals surface area contributed by atoms with E-state index in [1.807, 2.05) is 0 Å². The summed E-state index contributed by atoms with van der Waals surface area (Å²) in [6, 6.07) is 9.44. The molecule has 1 atom stereocenters. The first-order chi connectivity index (χ1) is 14.0. The summed E-state index contributed by atoms with van der Waals surface area (Å²) in [6.45, 7) is 4.80. The second-order valence-electron chi connectivity index (χ2n) is 6.89. The molecule has 3 N–H and O–H groups in total. The molecule has 0 spiro atoms. The second-order valence-corrected chi connectivity index (χ2v) is 9.04. The van der Waals surface area contributed by atoms with Gasteiger partial charge in [-0.3, -0.25) is 9.59 Å². The van der Waals surface area contributed by atoms with Crippen molar-refractivity contribution >= 4 is 44.8 Å². The van der Waals surface area contributed by atoms with Crippen LogP contribution in [0, 0.1) is 5.92 Å². The van der Waals surface area contributed by atoms with Crippen LogP contribution in [-0.4, -0.2) is 33.4 Å². The number of carbonyl (C=O) groups is 2. The van der Waals surface area contributed by atoms with Crippen molar-refractivity contribution in [3.05, 3.63) is 47.5 Å². The maximum Gasteiger partial charge on any atom is 0.242 e. The maximum absolute atomic E-state index is 12.8. The summed E-state index contributed by atoms with van der Waals surface area (Å²) in [5.74, 6) is -0.766. The quantitative estimate of drug-likeness (QED) is 0.567. The van der Waals surface area contributed by atoms with Gasteiger partial charge in [0, 0.05) is 17.6 Å². The molecule has 162 valence electrons. The third-order valence-electron chi connectivity index (χ3n) is 4.12. The molecule has 0 aliphatic rings. The Morgan fingerprint density at radius 3 is 2.33 bits per heavy atom. The summed E-state index contributed by atoms with van der Waals surface area (Å²) >= 11 is 5.88. The Hall–Kier alpha value is -2.62. The van der Waals surface area contributed by atoms with E-state index in [-0.39, 0.29) is 21.7 Å². The van der Waals surface area contributed by atoms with Gasteiger partial charge < -0.3 is 15.4 Å². The molecule has 10 heteroatoms. The van der Waals surface area contributed by atoms with Gasteiger partial charge >= 0.3 is 0 Å². The van der Waals surface area contributed by atoms with Gasteiger partial charge in [-0.1, -0.05) is 31.5 Å². The largest absolute Gasteiger partial charge is 0.495 e. The maximum atomic E-state index is 12.8. The van der Waals surface area contributed by atoms with Gasteiger partial charge in [0.15, 0.2) is 0 Å². The number of amides is 2. The number of benzene rings is 2. The molecule has 2 rings (SSSR count). The zero-order chi connectivity index (χ0) is 22.5. The van der Waals surface area contributed by atoms with Gasteiger partial charge in [-0.05, 0) is 42.3 Å². The number of halogens is 1. The SMILES string of the molecule is COc1ccc(NC(=O)[C@@H](NS(=O)(=O)c2cccc(Cl)c2)C(C)C)cc1NC(C)=O. The Morgan fingerprint density at radius 2 is 1.77 bits per heavy atom. The summed E-state index contributed by atoms with van der Waals surface area (Å²) < 4.78 is 33.0. The zero-order valence-electron chi connectivity index (χ0n) is 17.0. The van der Waals surface area contributed by atoms with Gasteiger partial charge in [0.2, 0.25) is 21.8 Å². The average molecular weight is 454 g/mol. The van der Waals surface area contributed by atoms with Crippen LogP contribution in [0.3, 0.4) is 0 Å². The van der Waals surface area contributed by atoms with E-state index >= 15 is 0 Å². The van der Waals surface area contributed by atoms with Gasteiger partial charge in [-0.15, -0.1) is 0 Å². The van der Waals surface area contributed by atoms with Crippen LogP contribution in [0.15, 0.2) is 47.4 Å². The number of methoxy groups -OCH3 is 1. The molecule has 0 aliphatic heterocycles. The highest BCUT2D eigenvalue weighted by Crippen LogP contribution is 2.28. The summed E-state index contributed by atoms with van der Waals surface area (Å²) in [7, 11) is -2.51. The van der Waals surface area contributed by atoms with Gasteiger partial charge in [0.05, 0.1) is 17.7 Å². The van der Waals surface area contributed by atoms with E-state index in [1.165, 1.54) is 38.3 Å². The highest BCUT2D eigenvalue weighted by Gasteiger charge is 2.28. The second kappa shape index (κ2) is 9.92. The molecule has 0 saturated heterocycles. The summed E-state index contributed by atoms with van der Waals surface area (Å²) in [6.07, 6.45) is 0. The van der Waals surface area contributed by atoms with E-state index in [1.54, 1.807) is 32.0 Å². The van der Waals surface area contributed by atoms with Crippen molar-refractivity contribution in [2.24, 2.45) is 5.92 Å². The first kappa shape index (κ1) is 23.7. The number of rotatable bonds is 8. The van der Waals surface area contributed by atoms with Crippen molar-refractivity contribution < 1.29 is 22.7 Å². The molecule has 2 aromatic rings. The van der Waals surface area contributed by atoms with Crippen LogP contribution >= 0.6 is 11.6 Å². The van der Waals surface area contributed by atoms with Gasteiger partial charge in [0.1, 0.15) is 11.8 Å². The van der Waals surface area contributed by atoms with Crippen molar-refractivity contribution in [1.82, 2.24) is 4.72 Å².